The predicted molar refractivity (Wildman–Crippen MR) is 96.2 cm³/mol. The van der Waals surface area contributed by atoms with Crippen molar-refractivity contribution in [2.24, 2.45) is 5.92 Å². The largest absolute Gasteiger partial charge is 0.493 e. The first-order valence-corrected chi connectivity index (χ1v) is 8.45. The van der Waals surface area contributed by atoms with E-state index in [2.05, 4.69) is 19.2 Å². The summed E-state index contributed by atoms with van der Waals surface area (Å²) >= 11 is 0. The maximum Gasteiger partial charge on any atom is 0.254 e. The molecule has 1 rings (SSSR count). The van der Waals surface area contributed by atoms with Crippen molar-refractivity contribution in [3.63, 3.8) is 0 Å². The Kier molecular flexibility index (Phi) is 7.26. The minimum Gasteiger partial charge on any atom is -0.493 e. The van der Waals surface area contributed by atoms with Crippen LogP contribution in [0.2, 0.25) is 0 Å². The maximum atomic E-state index is 12.7. The molecule has 0 aromatic heterocycles. The number of benzene rings is 1. The van der Waals surface area contributed by atoms with Gasteiger partial charge in [0.15, 0.2) is 0 Å². The van der Waals surface area contributed by atoms with Crippen molar-refractivity contribution in [2.75, 3.05) is 19.7 Å². The molecule has 0 saturated carbocycles. The second kappa shape index (κ2) is 8.71. The number of nitrogens with zero attached hydrogens (tertiary/aromatic N) is 1. The molecule has 5 heteroatoms. The molecule has 24 heavy (non-hydrogen) atoms. The molecule has 1 N–H and O–H groups in total. The first kappa shape index (κ1) is 20.0. The van der Waals surface area contributed by atoms with Crippen molar-refractivity contribution in [1.29, 1.82) is 0 Å². The molecule has 0 aliphatic heterocycles. The van der Waals surface area contributed by atoms with Gasteiger partial charge in [-0.3, -0.25) is 9.59 Å². The van der Waals surface area contributed by atoms with E-state index in [4.69, 9.17) is 4.74 Å². The fourth-order valence-electron chi connectivity index (χ4n) is 2.12. The summed E-state index contributed by atoms with van der Waals surface area (Å²) in [5.74, 6) is 0.754. The monoisotopic (exact) mass is 334 g/mol. The van der Waals surface area contributed by atoms with Crippen molar-refractivity contribution in [1.82, 2.24) is 10.2 Å². The van der Waals surface area contributed by atoms with Gasteiger partial charge >= 0.3 is 0 Å². The summed E-state index contributed by atoms with van der Waals surface area (Å²) in [5.41, 5.74) is 0.214. The molecule has 0 heterocycles. The van der Waals surface area contributed by atoms with Crippen LogP contribution in [0, 0.1) is 5.92 Å². The van der Waals surface area contributed by atoms with Crippen molar-refractivity contribution < 1.29 is 14.3 Å². The smallest absolute Gasteiger partial charge is 0.254 e. The number of carbonyl (C=O) groups is 2. The van der Waals surface area contributed by atoms with Crippen LogP contribution in [0.5, 0.6) is 5.75 Å². The Labute approximate surface area is 145 Å². The number of likely N-dealkylation sites (N-methyl/N-ethyl adjacent to an activating group) is 1. The molecule has 1 aromatic carbocycles. The third kappa shape index (κ3) is 7.02. The number of hydrogen-bond donors (Lipinski definition) is 1. The summed E-state index contributed by atoms with van der Waals surface area (Å²) in [6.07, 6.45) is 0. The molecule has 0 bridgehead atoms. The fraction of sp³-hybridized carbons (Fsp3) is 0.579. The third-order valence-electron chi connectivity index (χ3n) is 3.18. The van der Waals surface area contributed by atoms with E-state index in [9.17, 15) is 9.59 Å². The molecular formula is C19H30N2O3. The Morgan fingerprint density at radius 3 is 2.46 bits per heavy atom. The zero-order chi connectivity index (χ0) is 18.3. The molecule has 0 radical (unpaired) electrons. The van der Waals surface area contributed by atoms with Gasteiger partial charge in [-0.05, 0) is 51.8 Å². The fourth-order valence-corrected chi connectivity index (χ4v) is 2.12. The van der Waals surface area contributed by atoms with Gasteiger partial charge in [-0.15, -0.1) is 0 Å². The van der Waals surface area contributed by atoms with Crippen molar-refractivity contribution in [3.05, 3.63) is 29.8 Å². The van der Waals surface area contributed by atoms with Crippen molar-refractivity contribution >= 4 is 11.8 Å². The Balaban J connectivity index is 2.78. The van der Waals surface area contributed by atoms with Gasteiger partial charge in [-0.25, -0.2) is 0 Å². The Morgan fingerprint density at radius 2 is 1.92 bits per heavy atom. The highest BCUT2D eigenvalue weighted by atomic mass is 16.5. The summed E-state index contributed by atoms with van der Waals surface area (Å²) in [5, 5.41) is 2.88. The van der Waals surface area contributed by atoms with Gasteiger partial charge in [0, 0.05) is 17.6 Å². The van der Waals surface area contributed by atoms with E-state index >= 15 is 0 Å². The lowest BCUT2D eigenvalue weighted by molar-refractivity contribution is -0.123. The summed E-state index contributed by atoms with van der Waals surface area (Å²) in [4.78, 5) is 26.3. The highest BCUT2D eigenvalue weighted by molar-refractivity contribution is 5.96. The minimum absolute atomic E-state index is 0.0453. The van der Waals surface area contributed by atoms with Gasteiger partial charge in [0.1, 0.15) is 5.75 Å². The van der Waals surface area contributed by atoms with E-state index in [1.165, 1.54) is 4.90 Å². The normalized spacial score (nSPS) is 11.3. The molecule has 1 aromatic rings. The second-order valence-electron chi connectivity index (χ2n) is 7.35. The summed E-state index contributed by atoms with van der Waals surface area (Å²) in [6, 6.07) is 7.11. The van der Waals surface area contributed by atoms with E-state index in [0.717, 1.165) is 0 Å². The zero-order valence-electron chi connectivity index (χ0n) is 15.7. The first-order valence-electron chi connectivity index (χ1n) is 8.45. The highest BCUT2D eigenvalue weighted by Gasteiger charge is 2.20. The number of hydrogen-bond acceptors (Lipinski definition) is 3. The Hall–Kier alpha value is -2.04. The predicted octanol–water partition coefficient (Wildman–Crippen LogP) is 3.10. The number of ether oxygens (including phenoxy) is 1. The summed E-state index contributed by atoms with van der Waals surface area (Å²) in [6.45, 7) is 12.9. The first-order chi connectivity index (χ1) is 11.1. The van der Waals surface area contributed by atoms with Crippen LogP contribution in [0.1, 0.15) is 51.9 Å². The van der Waals surface area contributed by atoms with E-state index in [-0.39, 0.29) is 23.9 Å². The quantitative estimate of drug-likeness (QED) is 0.833. The maximum absolute atomic E-state index is 12.7. The highest BCUT2D eigenvalue weighted by Crippen LogP contribution is 2.16. The van der Waals surface area contributed by atoms with Gasteiger partial charge in [0.05, 0.1) is 13.2 Å². The molecule has 0 unspecified atom stereocenters. The van der Waals surface area contributed by atoms with Crippen LogP contribution in [0.25, 0.3) is 0 Å². The van der Waals surface area contributed by atoms with Crippen molar-refractivity contribution in [2.45, 2.75) is 47.1 Å². The molecule has 0 atom stereocenters. The molecule has 0 aliphatic carbocycles. The lowest BCUT2D eigenvalue weighted by Crippen LogP contribution is -2.47. The number of rotatable bonds is 7. The van der Waals surface area contributed by atoms with Gasteiger partial charge in [-0.2, -0.15) is 0 Å². The van der Waals surface area contributed by atoms with Crippen LogP contribution >= 0.6 is 0 Å². The van der Waals surface area contributed by atoms with Crippen LogP contribution in [0.3, 0.4) is 0 Å². The average Bonchev–Trinajstić information content (AvgIpc) is 2.48. The van der Waals surface area contributed by atoms with Gasteiger partial charge in [0.25, 0.3) is 5.91 Å². The summed E-state index contributed by atoms with van der Waals surface area (Å²) < 4.78 is 5.67. The molecule has 0 spiro atoms. The lowest BCUT2D eigenvalue weighted by atomic mass is 10.1. The summed E-state index contributed by atoms with van der Waals surface area (Å²) in [7, 11) is 0. The van der Waals surface area contributed by atoms with Crippen LogP contribution < -0.4 is 10.1 Å². The average molecular weight is 334 g/mol. The molecular weight excluding hydrogens is 304 g/mol. The van der Waals surface area contributed by atoms with E-state index < -0.39 is 0 Å². The van der Waals surface area contributed by atoms with Gasteiger partial charge in [0.2, 0.25) is 5.91 Å². The topological polar surface area (TPSA) is 58.6 Å². The molecule has 0 aliphatic rings. The van der Waals surface area contributed by atoms with E-state index in [1.54, 1.807) is 18.2 Å². The number of carbonyl (C=O) groups excluding carboxylic acids is 2. The molecule has 0 fully saturated rings. The van der Waals surface area contributed by atoms with Gasteiger partial charge in [-0.1, -0.05) is 19.9 Å². The standard InChI is InChI=1S/C19H30N2O3/c1-7-21(12-17(22)20-19(4,5)6)18(23)15-9-8-10-16(11-15)24-13-14(2)3/h8-11,14H,7,12-13H2,1-6H3,(H,20,22). The Morgan fingerprint density at radius 1 is 1.25 bits per heavy atom. The van der Waals surface area contributed by atoms with E-state index in [0.29, 0.717) is 30.4 Å². The van der Waals surface area contributed by atoms with Crippen LogP contribution in [0.4, 0.5) is 0 Å². The number of nitrogens with one attached hydrogen (secondary N) is 1. The SMILES string of the molecule is CCN(CC(=O)NC(C)(C)C)C(=O)c1cccc(OCC(C)C)c1. The van der Waals surface area contributed by atoms with Gasteiger partial charge < -0.3 is 15.0 Å². The minimum atomic E-state index is -0.315. The Bertz CT molecular complexity index is 562. The lowest BCUT2D eigenvalue weighted by Gasteiger charge is -2.25. The van der Waals surface area contributed by atoms with Crippen LogP contribution in [-0.4, -0.2) is 41.9 Å². The molecule has 5 nitrogen and oxygen atoms in total. The van der Waals surface area contributed by atoms with Crippen LogP contribution in [-0.2, 0) is 4.79 Å². The molecule has 2 amide bonds. The molecule has 134 valence electrons. The third-order valence-corrected chi connectivity index (χ3v) is 3.18. The number of amides is 2. The zero-order valence-corrected chi connectivity index (χ0v) is 15.7. The van der Waals surface area contributed by atoms with E-state index in [1.807, 2.05) is 33.8 Å². The second-order valence-corrected chi connectivity index (χ2v) is 7.35. The van der Waals surface area contributed by atoms with Crippen LogP contribution in [0.15, 0.2) is 24.3 Å². The van der Waals surface area contributed by atoms with Crippen molar-refractivity contribution in [3.8, 4) is 5.75 Å². The molecule has 0 saturated heterocycles.